The maximum atomic E-state index is 14.4. The number of hydrogen-bond acceptors (Lipinski definition) is 4. The third-order valence-corrected chi connectivity index (χ3v) is 13.1. The Bertz CT molecular complexity index is 1050. The van der Waals surface area contributed by atoms with Gasteiger partial charge in [-0.1, -0.05) is 54.5 Å². The van der Waals surface area contributed by atoms with Gasteiger partial charge in [-0.15, -0.1) is 0 Å². The lowest BCUT2D eigenvalue weighted by molar-refractivity contribution is -0.221. The van der Waals surface area contributed by atoms with Crippen molar-refractivity contribution in [3.63, 3.8) is 0 Å². The Morgan fingerprint density at radius 1 is 0.943 bits per heavy atom. The Labute approximate surface area is 212 Å². The van der Waals surface area contributed by atoms with E-state index in [9.17, 15) is 14.9 Å². The van der Waals surface area contributed by atoms with Crippen molar-refractivity contribution in [1.29, 1.82) is 5.26 Å². The molecule has 0 aromatic heterocycles. The van der Waals surface area contributed by atoms with Gasteiger partial charge >= 0.3 is 0 Å². The first-order valence-corrected chi connectivity index (χ1v) is 14.0. The molecule has 4 nitrogen and oxygen atoms in total. The molecule has 5 aliphatic carbocycles. The van der Waals surface area contributed by atoms with Crippen LogP contribution in [0.1, 0.15) is 99.8 Å². The maximum Gasteiger partial charge on any atom is 0.178 e. The maximum absolute atomic E-state index is 14.4. The summed E-state index contributed by atoms with van der Waals surface area (Å²) in [6.45, 7) is 16.7. The number of nitrogens with two attached hydrogens (primary N) is 1. The van der Waals surface area contributed by atoms with Crippen LogP contribution in [0.15, 0.2) is 11.6 Å². The summed E-state index contributed by atoms with van der Waals surface area (Å²) in [6.07, 6.45) is 10.2. The van der Waals surface area contributed by atoms with Crippen LogP contribution in [0.3, 0.4) is 0 Å². The van der Waals surface area contributed by atoms with E-state index in [4.69, 9.17) is 5.73 Å². The number of carbonyl (C=O) groups excluding carboxylic acids is 2. The number of rotatable bonds is 1. The zero-order valence-electron chi connectivity index (χ0n) is 23.1. The minimum Gasteiger partial charge on any atom is -0.330 e. The molecule has 5 aliphatic rings. The highest BCUT2D eigenvalue weighted by atomic mass is 16.1. The summed E-state index contributed by atoms with van der Waals surface area (Å²) in [6, 6.07) is 2.22. The van der Waals surface area contributed by atoms with Crippen LogP contribution in [0.2, 0.25) is 0 Å². The van der Waals surface area contributed by atoms with E-state index < -0.39 is 5.41 Å². The van der Waals surface area contributed by atoms with Gasteiger partial charge in [-0.3, -0.25) is 9.59 Å². The van der Waals surface area contributed by atoms with Gasteiger partial charge in [0, 0.05) is 17.8 Å². The molecule has 0 aromatic carbocycles. The largest absolute Gasteiger partial charge is 0.330 e. The first-order chi connectivity index (χ1) is 16.1. The van der Waals surface area contributed by atoms with Gasteiger partial charge in [-0.25, -0.2) is 0 Å². The fraction of sp³-hybridized carbons (Fsp3) is 0.839. The van der Waals surface area contributed by atoms with Crippen molar-refractivity contribution in [3.05, 3.63) is 11.6 Å². The highest BCUT2D eigenvalue weighted by Gasteiger charge is 2.71. The summed E-state index contributed by atoms with van der Waals surface area (Å²) in [5, 5.41) is 9.86. The van der Waals surface area contributed by atoms with Crippen molar-refractivity contribution >= 4 is 11.6 Å². The normalized spacial score (nSPS) is 50.1. The molecule has 0 spiro atoms. The van der Waals surface area contributed by atoms with Gasteiger partial charge < -0.3 is 5.73 Å². The van der Waals surface area contributed by atoms with Gasteiger partial charge in [0.05, 0.1) is 5.57 Å². The van der Waals surface area contributed by atoms with Crippen LogP contribution >= 0.6 is 0 Å². The number of nitrogens with zero attached hydrogens (tertiary/aromatic N) is 1. The predicted molar refractivity (Wildman–Crippen MR) is 138 cm³/mol. The Morgan fingerprint density at radius 2 is 1.60 bits per heavy atom. The van der Waals surface area contributed by atoms with Crippen LogP contribution in [0, 0.1) is 67.5 Å². The first-order valence-electron chi connectivity index (χ1n) is 14.0. The summed E-state index contributed by atoms with van der Waals surface area (Å²) >= 11 is 0. The molecule has 0 saturated heterocycles. The van der Waals surface area contributed by atoms with Crippen LogP contribution in [0.25, 0.3) is 0 Å². The van der Waals surface area contributed by atoms with Crippen molar-refractivity contribution in [2.75, 3.05) is 6.54 Å². The molecule has 0 aliphatic heterocycles. The SMILES string of the molecule is CC1(C)CC[C@]2(CN)CC[C@]3(C)[C@H](C(=O)CC4[C@@]5(C)C=C(C#N)C(=O)C(C)(C)C5CC[C@]43C)[C@H]2C1. The summed E-state index contributed by atoms with van der Waals surface area (Å²) in [5.74, 6) is 1.15. The standard InChI is InChI=1S/C31H46N2O2/c1-26(2)10-12-31(18-33)13-11-30(7)24(20(31)16-26)21(34)14-23-28(5)15-19(17-32)25(35)27(3,4)22(28)8-9-29(23,30)6/h15,20,22-24H,8-14,16,18,33H2,1-7H3/t20-,22?,23?,24+,28+,29-,30-,31-/m1/s1. The van der Waals surface area contributed by atoms with Gasteiger partial charge in [0.2, 0.25) is 0 Å². The number of ketones is 2. The van der Waals surface area contributed by atoms with Crippen LogP contribution in [-0.2, 0) is 9.59 Å². The lowest BCUT2D eigenvalue weighted by atomic mass is 9.31. The van der Waals surface area contributed by atoms with Crippen LogP contribution in [0.5, 0.6) is 0 Å². The fourth-order valence-corrected chi connectivity index (χ4v) is 10.8. The van der Waals surface area contributed by atoms with Gasteiger partial charge in [-0.2, -0.15) is 5.26 Å². The average molecular weight is 479 g/mol. The Kier molecular flexibility index (Phi) is 5.26. The first kappa shape index (κ1) is 25.2. The molecular weight excluding hydrogens is 432 g/mol. The van der Waals surface area contributed by atoms with Gasteiger partial charge in [0.15, 0.2) is 5.78 Å². The molecule has 2 N–H and O–H groups in total. The third-order valence-electron chi connectivity index (χ3n) is 13.1. The topological polar surface area (TPSA) is 83.9 Å². The molecule has 0 heterocycles. The van der Waals surface area contributed by atoms with E-state index in [1.54, 1.807) is 0 Å². The summed E-state index contributed by atoms with van der Waals surface area (Å²) in [5.41, 5.74) is 6.18. The Hall–Kier alpha value is -1.47. The van der Waals surface area contributed by atoms with E-state index in [0.29, 0.717) is 30.2 Å². The smallest absolute Gasteiger partial charge is 0.178 e. The van der Waals surface area contributed by atoms with Crippen molar-refractivity contribution in [2.45, 2.75) is 99.8 Å². The summed E-state index contributed by atoms with van der Waals surface area (Å²) in [4.78, 5) is 27.5. The van der Waals surface area contributed by atoms with Gasteiger partial charge in [0.25, 0.3) is 0 Å². The number of allylic oxidation sites excluding steroid dienone is 2. The van der Waals surface area contributed by atoms with Crippen molar-refractivity contribution in [1.82, 2.24) is 0 Å². The van der Waals surface area contributed by atoms with E-state index in [-0.39, 0.29) is 50.6 Å². The molecule has 0 amide bonds. The van der Waals surface area contributed by atoms with Crippen molar-refractivity contribution in [3.8, 4) is 6.07 Å². The summed E-state index contributed by atoms with van der Waals surface area (Å²) < 4.78 is 0. The number of carbonyl (C=O) groups is 2. The van der Waals surface area contributed by atoms with Gasteiger partial charge in [-0.05, 0) is 96.3 Å². The lowest BCUT2D eigenvalue weighted by Crippen LogP contribution is -2.69. The average Bonchev–Trinajstić information content (AvgIpc) is 2.77. The second kappa shape index (κ2) is 7.31. The van der Waals surface area contributed by atoms with E-state index in [0.717, 1.165) is 38.5 Å². The zero-order valence-corrected chi connectivity index (χ0v) is 23.1. The third kappa shape index (κ3) is 3.00. The molecule has 35 heavy (non-hydrogen) atoms. The van der Waals surface area contributed by atoms with Crippen molar-refractivity contribution in [2.24, 2.45) is 61.9 Å². The Morgan fingerprint density at radius 3 is 2.23 bits per heavy atom. The van der Waals surface area contributed by atoms with E-state index in [2.05, 4.69) is 40.7 Å². The molecule has 0 radical (unpaired) electrons. The molecule has 4 heteroatoms. The van der Waals surface area contributed by atoms with Gasteiger partial charge in [0.1, 0.15) is 11.9 Å². The molecule has 4 saturated carbocycles. The predicted octanol–water partition coefficient (Wildman–Crippen LogP) is 6.24. The minimum absolute atomic E-state index is 0.00723. The van der Waals surface area contributed by atoms with E-state index >= 15 is 0 Å². The highest BCUT2D eigenvalue weighted by Crippen LogP contribution is 2.75. The number of fused-ring (bicyclic) bond motifs is 7. The number of nitriles is 1. The lowest BCUT2D eigenvalue weighted by Gasteiger charge is -2.72. The molecule has 0 aromatic rings. The molecule has 5 rings (SSSR count). The van der Waals surface area contributed by atoms with Crippen LogP contribution in [0.4, 0.5) is 0 Å². The van der Waals surface area contributed by atoms with Crippen LogP contribution in [-0.4, -0.2) is 18.1 Å². The molecule has 2 unspecified atom stereocenters. The van der Waals surface area contributed by atoms with Crippen LogP contribution < -0.4 is 5.73 Å². The minimum atomic E-state index is -0.578. The molecule has 4 fully saturated rings. The molecule has 8 atom stereocenters. The number of Topliss-reactive ketones (excluding diaryl/α,β-unsaturated/α-hetero) is 2. The van der Waals surface area contributed by atoms with E-state index in [1.165, 1.54) is 6.42 Å². The molecular formula is C31H46N2O2. The van der Waals surface area contributed by atoms with Crippen molar-refractivity contribution < 1.29 is 9.59 Å². The Balaban J connectivity index is 1.63. The zero-order chi connectivity index (χ0) is 25.8. The monoisotopic (exact) mass is 478 g/mol. The second-order valence-electron chi connectivity index (χ2n) is 15.3. The quantitative estimate of drug-likeness (QED) is 0.483. The fourth-order valence-electron chi connectivity index (χ4n) is 10.8. The van der Waals surface area contributed by atoms with E-state index in [1.807, 2.05) is 19.9 Å². The number of hydrogen-bond donors (Lipinski definition) is 1. The second-order valence-corrected chi connectivity index (χ2v) is 15.3. The molecule has 192 valence electrons. The molecule has 0 bridgehead atoms. The highest BCUT2D eigenvalue weighted by molar-refractivity contribution is 6.04. The summed E-state index contributed by atoms with van der Waals surface area (Å²) in [7, 11) is 0.